The molecule has 0 aromatic heterocycles. The predicted octanol–water partition coefficient (Wildman–Crippen LogP) is 2.60. The highest BCUT2D eigenvalue weighted by atomic mass is 16.6. The summed E-state index contributed by atoms with van der Waals surface area (Å²) in [5, 5.41) is 0. The van der Waals surface area contributed by atoms with Crippen molar-refractivity contribution < 1.29 is 19.1 Å². The van der Waals surface area contributed by atoms with E-state index < -0.39 is 12.1 Å². The van der Waals surface area contributed by atoms with E-state index >= 15 is 0 Å². The minimum absolute atomic E-state index is 0.208. The molecular formula is C16H21NO4. The van der Waals surface area contributed by atoms with Gasteiger partial charge < -0.3 is 9.47 Å². The van der Waals surface area contributed by atoms with E-state index in [2.05, 4.69) is 0 Å². The molecule has 0 spiro atoms. The first kappa shape index (κ1) is 15.4. The fraction of sp³-hybridized carbons (Fsp3) is 0.500. The number of benzene rings is 1. The van der Waals surface area contributed by atoms with Crippen LogP contribution in [0.25, 0.3) is 0 Å². The molecule has 0 saturated carbocycles. The number of carbonyl (C=O) groups is 2. The van der Waals surface area contributed by atoms with Crippen LogP contribution in [0, 0.1) is 5.92 Å². The van der Waals surface area contributed by atoms with Crippen LogP contribution in [0.2, 0.25) is 0 Å². The third kappa shape index (κ3) is 3.97. The van der Waals surface area contributed by atoms with E-state index in [0.717, 1.165) is 5.56 Å². The predicted molar refractivity (Wildman–Crippen MR) is 77.5 cm³/mol. The molecule has 1 amide bonds. The lowest BCUT2D eigenvalue weighted by Gasteiger charge is -2.22. The van der Waals surface area contributed by atoms with Crippen molar-refractivity contribution in [3.63, 3.8) is 0 Å². The van der Waals surface area contributed by atoms with Crippen LogP contribution >= 0.6 is 0 Å². The van der Waals surface area contributed by atoms with Crippen molar-refractivity contribution in [1.29, 1.82) is 0 Å². The van der Waals surface area contributed by atoms with E-state index in [1.165, 1.54) is 4.90 Å². The van der Waals surface area contributed by atoms with E-state index in [4.69, 9.17) is 9.47 Å². The Morgan fingerprint density at radius 1 is 1.24 bits per heavy atom. The van der Waals surface area contributed by atoms with Crippen LogP contribution in [0.4, 0.5) is 4.79 Å². The lowest BCUT2D eigenvalue weighted by atomic mass is 10.1. The molecule has 1 fully saturated rings. The smallest absolute Gasteiger partial charge is 0.410 e. The minimum Gasteiger partial charge on any atom is -0.464 e. The summed E-state index contributed by atoms with van der Waals surface area (Å²) >= 11 is 0. The Morgan fingerprint density at radius 2 is 1.95 bits per heavy atom. The van der Waals surface area contributed by atoms with Crippen molar-refractivity contribution in [2.45, 2.75) is 32.9 Å². The van der Waals surface area contributed by atoms with Crippen LogP contribution in [-0.2, 0) is 20.9 Å². The summed E-state index contributed by atoms with van der Waals surface area (Å²) in [7, 11) is 0. The molecule has 0 aliphatic carbocycles. The molecule has 1 saturated heterocycles. The summed E-state index contributed by atoms with van der Waals surface area (Å²) in [6.07, 6.45) is 0.167. The molecule has 0 N–H and O–H groups in total. The third-order valence-electron chi connectivity index (χ3n) is 3.51. The van der Waals surface area contributed by atoms with Gasteiger partial charge in [-0.05, 0) is 24.8 Å². The van der Waals surface area contributed by atoms with E-state index in [-0.39, 0.29) is 18.5 Å². The first-order chi connectivity index (χ1) is 10.1. The lowest BCUT2D eigenvalue weighted by molar-refractivity contribution is -0.148. The van der Waals surface area contributed by atoms with Gasteiger partial charge in [-0.3, -0.25) is 4.90 Å². The summed E-state index contributed by atoms with van der Waals surface area (Å²) in [5.41, 5.74) is 0.922. The number of hydrogen-bond donors (Lipinski definition) is 0. The van der Waals surface area contributed by atoms with Gasteiger partial charge in [0.25, 0.3) is 0 Å². The van der Waals surface area contributed by atoms with E-state index in [1.54, 1.807) is 6.92 Å². The Labute approximate surface area is 124 Å². The standard InChI is InChI=1S/C16H21NO4/c1-3-20-15(18)14-9-12(2)10-17(14)16(19)21-11-13-7-5-4-6-8-13/h4-8,12,14H,3,9-11H2,1-2H3/t12-,14+/m1/s1. The SMILES string of the molecule is CCOC(=O)[C@@H]1C[C@@H](C)CN1C(=O)OCc1ccccc1. The van der Waals surface area contributed by atoms with Gasteiger partial charge in [-0.25, -0.2) is 9.59 Å². The Morgan fingerprint density at radius 3 is 2.62 bits per heavy atom. The average Bonchev–Trinajstić information content (AvgIpc) is 2.88. The van der Waals surface area contributed by atoms with Crippen LogP contribution < -0.4 is 0 Å². The van der Waals surface area contributed by atoms with Gasteiger partial charge in [0.1, 0.15) is 12.6 Å². The number of rotatable bonds is 4. The second-order valence-electron chi connectivity index (χ2n) is 5.30. The van der Waals surface area contributed by atoms with Crippen molar-refractivity contribution >= 4 is 12.1 Å². The summed E-state index contributed by atoms with van der Waals surface area (Å²) in [6.45, 7) is 4.82. The second kappa shape index (κ2) is 7.11. The molecule has 1 aromatic rings. The van der Waals surface area contributed by atoms with E-state index in [1.807, 2.05) is 37.3 Å². The molecule has 2 atom stereocenters. The quantitative estimate of drug-likeness (QED) is 0.800. The summed E-state index contributed by atoms with van der Waals surface area (Å²) in [5.74, 6) is -0.0813. The largest absolute Gasteiger partial charge is 0.464 e. The highest BCUT2D eigenvalue weighted by Gasteiger charge is 2.39. The van der Waals surface area contributed by atoms with Gasteiger partial charge in [0.15, 0.2) is 0 Å². The molecule has 1 heterocycles. The molecule has 1 aliphatic rings. The molecule has 0 unspecified atom stereocenters. The van der Waals surface area contributed by atoms with E-state index in [0.29, 0.717) is 19.6 Å². The maximum absolute atomic E-state index is 12.2. The zero-order valence-electron chi connectivity index (χ0n) is 12.5. The molecule has 0 bridgehead atoms. The monoisotopic (exact) mass is 291 g/mol. The molecule has 0 radical (unpaired) electrons. The van der Waals surface area contributed by atoms with Crippen LogP contribution in [-0.4, -0.2) is 36.2 Å². The zero-order chi connectivity index (χ0) is 15.2. The van der Waals surface area contributed by atoms with Crippen molar-refractivity contribution in [1.82, 2.24) is 4.90 Å². The normalized spacial score (nSPS) is 21.1. The molecule has 21 heavy (non-hydrogen) atoms. The number of hydrogen-bond acceptors (Lipinski definition) is 4. The Balaban J connectivity index is 1.94. The molecule has 1 aliphatic heterocycles. The van der Waals surface area contributed by atoms with E-state index in [9.17, 15) is 9.59 Å². The fourth-order valence-electron chi connectivity index (χ4n) is 2.51. The van der Waals surface area contributed by atoms with Gasteiger partial charge in [-0.2, -0.15) is 0 Å². The average molecular weight is 291 g/mol. The van der Waals surface area contributed by atoms with Gasteiger partial charge in [-0.1, -0.05) is 37.3 Å². The Kier molecular flexibility index (Phi) is 5.20. The first-order valence-corrected chi connectivity index (χ1v) is 7.25. The Hall–Kier alpha value is -2.04. The Bertz CT molecular complexity index is 488. The number of amides is 1. The zero-order valence-corrected chi connectivity index (χ0v) is 12.5. The van der Waals surface area contributed by atoms with Crippen LogP contribution in [0.15, 0.2) is 30.3 Å². The number of likely N-dealkylation sites (tertiary alicyclic amines) is 1. The van der Waals surface area contributed by atoms with Crippen molar-refractivity contribution in [2.75, 3.05) is 13.2 Å². The highest BCUT2D eigenvalue weighted by molar-refractivity contribution is 5.82. The molecule has 5 nitrogen and oxygen atoms in total. The van der Waals surface area contributed by atoms with Gasteiger partial charge in [0.05, 0.1) is 6.61 Å². The van der Waals surface area contributed by atoms with Crippen molar-refractivity contribution in [2.24, 2.45) is 5.92 Å². The second-order valence-corrected chi connectivity index (χ2v) is 5.30. The number of carbonyl (C=O) groups excluding carboxylic acids is 2. The number of esters is 1. The highest BCUT2D eigenvalue weighted by Crippen LogP contribution is 2.24. The molecule has 114 valence electrons. The van der Waals surface area contributed by atoms with Gasteiger partial charge in [0, 0.05) is 6.54 Å². The van der Waals surface area contributed by atoms with Gasteiger partial charge >= 0.3 is 12.1 Å². The first-order valence-electron chi connectivity index (χ1n) is 7.25. The van der Waals surface area contributed by atoms with Crippen molar-refractivity contribution in [3.8, 4) is 0 Å². The maximum atomic E-state index is 12.2. The topological polar surface area (TPSA) is 55.8 Å². The van der Waals surface area contributed by atoms with Gasteiger partial charge in [0.2, 0.25) is 0 Å². The lowest BCUT2D eigenvalue weighted by Crippen LogP contribution is -2.41. The molecular weight excluding hydrogens is 270 g/mol. The van der Waals surface area contributed by atoms with Crippen LogP contribution in [0.3, 0.4) is 0 Å². The maximum Gasteiger partial charge on any atom is 0.410 e. The van der Waals surface area contributed by atoms with Crippen LogP contribution in [0.5, 0.6) is 0 Å². The summed E-state index contributed by atoms with van der Waals surface area (Å²) < 4.78 is 10.3. The minimum atomic E-state index is -0.525. The summed E-state index contributed by atoms with van der Waals surface area (Å²) in [6, 6.07) is 8.95. The molecule has 5 heteroatoms. The number of ether oxygens (including phenoxy) is 2. The summed E-state index contributed by atoms with van der Waals surface area (Å²) in [4.78, 5) is 25.6. The third-order valence-corrected chi connectivity index (χ3v) is 3.51. The molecule has 1 aromatic carbocycles. The van der Waals surface area contributed by atoms with Crippen LogP contribution in [0.1, 0.15) is 25.8 Å². The fourth-order valence-corrected chi connectivity index (χ4v) is 2.51. The number of nitrogens with zero attached hydrogens (tertiary/aromatic N) is 1. The molecule has 2 rings (SSSR count). The van der Waals surface area contributed by atoms with Crippen molar-refractivity contribution in [3.05, 3.63) is 35.9 Å². The van der Waals surface area contributed by atoms with Gasteiger partial charge in [-0.15, -0.1) is 0 Å².